The van der Waals surface area contributed by atoms with Crippen LogP contribution in [0.3, 0.4) is 0 Å². The summed E-state index contributed by atoms with van der Waals surface area (Å²) in [5, 5.41) is 13.0. The largest absolute Gasteiger partial charge is 0.497 e. The number of amides is 2. The van der Waals surface area contributed by atoms with Crippen molar-refractivity contribution in [1.29, 1.82) is 0 Å². The van der Waals surface area contributed by atoms with Crippen LogP contribution in [0.4, 0.5) is 5.13 Å². The third-order valence-corrected chi connectivity index (χ3v) is 14.7. The number of thiazole rings is 1. The van der Waals surface area contributed by atoms with Gasteiger partial charge in [0.2, 0.25) is 5.60 Å². The Labute approximate surface area is 425 Å². The number of methoxy groups -OCH3 is 1. The van der Waals surface area contributed by atoms with Crippen LogP contribution < -0.4 is 19.9 Å². The monoisotopic (exact) mass is 1010 g/mol. The minimum Gasteiger partial charge on any atom is -0.497 e. The van der Waals surface area contributed by atoms with Crippen molar-refractivity contribution < 1.29 is 42.8 Å². The molecule has 1 saturated heterocycles. The van der Waals surface area contributed by atoms with Gasteiger partial charge in [-0.05, 0) is 91.3 Å². The minimum atomic E-state index is -1.64. The van der Waals surface area contributed by atoms with Crippen LogP contribution in [0.2, 0.25) is 0 Å². The first kappa shape index (κ1) is 50.4. The maximum absolute atomic E-state index is 14.7. The highest BCUT2D eigenvalue weighted by Crippen LogP contribution is 2.43. The van der Waals surface area contributed by atoms with E-state index in [1.165, 1.54) is 53.6 Å². The summed E-state index contributed by atoms with van der Waals surface area (Å²) >= 11 is 4.07. The fourth-order valence-corrected chi connectivity index (χ4v) is 11.0. The molecule has 1 fully saturated rings. The lowest BCUT2D eigenvalue weighted by Crippen LogP contribution is -2.71. The fourth-order valence-electron chi connectivity index (χ4n) is 7.84. The first-order valence-corrected chi connectivity index (χ1v) is 25.6. The zero-order valence-electron chi connectivity index (χ0n) is 40.3. The highest BCUT2D eigenvalue weighted by atomic mass is 32.2. The number of β-lactam (4-membered cyclic amide) rings is 1. The average Bonchev–Trinajstić information content (AvgIpc) is 3.84. The van der Waals surface area contributed by atoms with Crippen molar-refractivity contribution in [3.05, 3.63) is 178 Å². The highest BCUT2D eigenvalue weighted by molar-refractivity contribution is 8.01. The number of hydrogen-bond donors (Lipinski definition) is 2. The molecule has 0 saturated carbocycles. The smallest absolute Gasteiger partial charge is 0.359 e. The Balaban J connectivity index is 1.10. The zero-order chi connectivity index (χ0) is 50.3. The molecule has 15 nitrogen and oxygen atoms in total. The number of anilines is 1. The second-order valence-corrected chi connectivity index (χ2v) is 21.0. The Hall–Kier alpha value is -7.02. The third kappa shape index (κ3) is 11.3. The number of carbonyl (C=O) groups is 4. The second kappa shape index (κ2) is 21.5. The molecule has 0 radical (unpaired) electrons. The average molecular weight is 1010 g/mol. The first-order valence-electron chi connectivity index (χ1n) is 22.7. The minimum absolute atomic E-state index is 0.0466. The lowest BCUT2D eigenvalue weighted by Gasteiger charge is -2.49. The van der Waals surface area contributed by atoms with Crippen molar-refractivity contribution in [3.63, 3.8) is 0 Å². The summed E-state index contributed by atoms with van der Waals surface area (Å²) in [5.41, 5.74) is 0.737. The van der Waals surface area contributed by atoms with Crippen LogP contribution in [0.1, 0.15) is 62.6 Å². The van der Waals surface area contributed by atoms with Crippen LogP contribution in [-0.2, 0) is 52.7 Å². The predicted molar refractivity (Wildman–Crippen MR) is 273 cm³/mol. The summed E-state index contributed by atoms with van der Waals surface area (Å²) in [6.07, 6.45) is 3.57. The molecule has 366 valence electrons. The molecular formula is C53H54N7O8S3+. The number of thioether (sulfide) groups is 2. The molecule has 2 aliphatic heterocycles. The van der Waals surface area contributed by atoms with Crippen LogP contribution >= 0.6 is 34.9 Å². The SMILES string of the molecule is COc1ccc(COC(=O)C2=C(CSc3nccc[n+]3C)CSC3C(NC(=O)/C(=N\OC(C)(C)C(=O)OC(C)(C)C)c4csc(NC(c5ccccc5)(c5ccccc5)c5ccccc5)n4)C(=O)N23)cc1. The van der Waals surface area contributed by atoms with Crippen molar-refractivity contribution in [2.24, 2.45) is 12.2 Å². The molecule has 2 aliphatic rings. The molecule has 0 aliphatic carbocycles. The molecule has 2 atom stereocenters. The molecule has 6 aromatic rings. The number of benzene rings is 4. The number of aryl methyl sites for hydroxylation is 1. The molecular weight excluding hydrogens is 959 g/mol. The number of esters is 2. The van der Waals surface area contributed by atoms with Crippen LogP contribution in [0.25, 0.3) is 0 Å². The van der Waals surface area contributed by atoms with Gasteiger partial charge in [0.15, 0.2) is 10.8 Å². The van der Waals surface area contributed by atoms with Crippen LogP contribution in [0, 0.1) is 0 Å². The summed E-state index contributed by atoms with van der Waals surface area (Å²) in [7, 11) is 3.45. The van der Waals surface area contributed by atoms with E-state index in [-0.39, 0.29) is 23.7 Å². The Morgan fingerprint density at radius 3 is 2.07 bits per heavy atom. The van der Waals surface area contributed by atoms with Crippen molar-refractivity contribution in [3.8, 4) is 5.75 Å². The summed E-state index contributed by atoms with van der Waals surface area (Å²) in [6.45, 7) is 8.13. The molecule has 8 rings (SSSR count). The summed E-state index contributed by atoms with van der Waals surface area (Å²) in [4.78, 5) is 73.3. The van der Waals surface area contributed by atoms with Crippen LogP contribution in [0.15, 0.2) is 161 Å². The van der Waals surface area contributed by atoms with Gasteiger partial charge in [0.25, 0.3) is 11.8 Å². The van der Waals surface area contributed by atoms with Gasteiger partial charge in [-0.3, -0.25) is 14.5 Å². The van der Waals surface area contributed by atoms with E-state index in [1.54, 1.807) is 63.7 Å². The zero-order valence-corrected chi connectivity index (χ0v) is 42.7. The molecule has 2 aromatic heterocycles. The van der Waals surface area contributed by atoms with Gasteiger partial charge in [-0.2, -0.15) is 0 Å². The summed E-state index contributed by atoms with van der Waals surface area (Å²) < 4.78 is 18.6. The standard InChI is InChI=1S/C53H53N7O8S3/c1-51(2,3)67-48(64)52(4,5)68-58-41(40-33-70-49(55-40)57-53(36-18-11-8-12-19-36,37-20-13-9-14-21-37)38-22-15-10-16-23-38)44(61)56-42-45(62)60-43(47(63)66-30-34-24-26-39(65-7)27-25-34)35(31-69-46(42)60)32-71-50-54-28-17-29-59(50)6/h8-29,33,42,46H,30-32H2,1-7H3,(H-,55,56,57,61)/p+1/b58-41-. The number of hydrogen-bond acceptors (Lipinski definition) is 15. The Kier molecular flexibility index (Phi) is 15.3. The van der Waals surface area contributed by atoms with E-state index >= 15 is 0 Å². The Morgan fingerprint density at radius 2 is 1.49 bits per heavy atom. The summed E-state index contributed by atoms with van der Waals surface area (Å²) in [5.74, 6) is -1.33. The summed E-state index contributed by atoms with van der Waals surface area (Å²) in [6, 6.07) is 37.8. The van der Waals surface area contributed by atoms with Crippen molar-refractivity contribution >= 4 is 69.5 Å². The molecule has 18 heteroatoms. The molecule has 0 spiro atoms. The van der Waals surface area contributed by atoms with Gasteiger partial charge in [0, 0.05) is 23.0 Å². The molecule has 2 amide bonds. The fraction of sp³-hybridized carbons (Fsp3) is 0.283. The number of ether oxygens (including phenoxy) is 3. The Bertz CT molecular complexity index is 2850. The number of rotatable bonds is 18. The molecule has 2 N–H and O–H groups in total. The number of carbonyl (C=O) groups excluding carboxylic acids is 4. The number of oxime groups is 1. The quantitative estimate of drug-likeness (QED) is 0.0125. The van der Waals surface area contributed by atoms with Crippen molar-refractivity contribution in [2.45, 2.75) is 74.5 Å². The molecule has 0 bridgehead atoms. The number of fused-ring (bicyclic) bond motifs is 1. The topological polar surface area (TPSA) is 175 Å². The number of nitrogens with one attached hydrogen (secondary N) is 2. The van der Waals surface area contributed by atoms with Gasteiger partial charge in [0.05, 0.1) is 20.4 Å². The number of aromatic nitrogens is 3. The van der Waals surface area contributed by atoms with E-state index in [2.05, 4.69) is 20.8 Å². The third-order valence-electron chi connectivity index (χ3n) is 11.4. The van der Waals surface area contributed by atoms with Gasteiger partial charge in [-0.25, -0.2) is 19.1 Å². The van der Waals surface area contributed by atoms with Gasteiger partial charge in [-0.15, -0.1) is 23.1 Å². The lowest BCUT2D eigenvalue weighted by molar-refractivity contribution is -0.713. The first-order chi connectivity index (χ1) is 34.1. The molecule has 71 heavy (non-hydrogen) atoms. The van der Waals surface area contributed by atoms with Crippen molar-refractivity contribution in [2.75, 3.05) is 23.9 Å². The van der Waals surface area contributed by atoms with E-state index < -0.39 is 51.9 Å². The van der Waals surface area contributed by atoms with Gasteiger partial charge < -0.3 is 29.7 Å². The molecule has 2 unspecified atom stereocenters. The van der Waals surface area contributed by atoms with E-state index in [0.717, 1.165) is 22.3 Å². The van der Waals surface area contributed by atoms with E-state index in [9.17, 15) is 19.2 Å². The van der Waals surface area contributed by atoms with E-state index in [1.807, 2.05) is 115 Å². The van der Waals surface area contributed by atoms with E-state index in [4.69, 9.17) is 24.0 Å². The molecule has 4 heterocycles. The maximum atomic E-state index is 14.7. The van der Waals surface area contributed by atoms with Gasteiger partial charge in [-0.1, -0.05) is 108 Å². The maximum Gasteiger partial charge on any atom is 0.359 e. The van der Waals surface area contributed by atoms with Gasteiger partial charge in [0.1, 0.15) is 52.5 Å². The predicted octanol–water partition coefficient (Wildman–Crippen LogP) is 7.81. The number of nitrogens with zero attached hydrogens (tertiary/aromatic N) is 5. The van der Waals surface area contributed by atoms with Crippen molar-refractivity contribution in [1.82, 2.24) is 20.2 Å². The second-order valence-electron chi connectivity index (χ2n) is 18.1. The van der Waals surface area contributed by atoms with E-state index in [0.29, 0.717) is 33.1 Å². The Morgan fingerprint density at radius 1 is 0.873 bits per heavy atom. The molecule has 4 aromatic carbocycles. The lowest BCUT2D eigenvalue weighted by atomic mass is 9.77. The highest BCUT2D eigenvalue weighted by Gasteiger charge is 2.55. The van der Waals surface area contributed by atoms with Crippen LogP contribution in [0.5, 0.6) is 5.75 Å². The van der Waals surface area contributed by atoms with Crippen LogP contribution in [-0.4, -0.2) is 85.6 Å². The normalized spacial score (nSPS) is 16.1. The van der Waals surface area contributed by atoms with Gasteiger partial charge >= 0.3 is 17.1 Å².